The van der Waals surface area contributed by atoms with E-state index in [1.807, 2.05) is 0 Å². The normalized spacial score (nSPS) is 12.2. The van der Waals surface area contributed by atoms with Gasteiger partial charge in [0.15, 0.2) is 134 Å². The first-order chi connectivity index (χ1) is 32.3. The second-order valence-corrected chi connectivity index (χ2v) is 13.9. The van der Waals surface area contributed by atoms with Crippen LogP contribution in [0.15, 0.2) is 5.98 Å². The van der Waals surface area contributed by atoms with Crippen molar-refractivity contribution >= 4 is 45.6 Å². The van der Waals surface area contributed by atoms with E-state index in [0.717, 1.165) is 0 Å². The third-order valence-corrected chi connectivity index (χ3v) is 10.4. The summed E-state index contributed by atoms with van der Waals surface area (Å²) in [6.07, 6.45) is -7.82. The van der Waals surface area contributed by atoms with E-state index in [0.29, 0.717) is 0 Å². The Morgan fingerprint density at radius 2 is 0.371 bits per heavy atom. The summed E-state index contributed by atoms with van der Waals surface area (Å²) in [5.41, 5.74) is -26.9. The zero-order valence-electron chi connectivity index (χ0n) is 31.6. The molecule has 0 aliphatic heterocycles. The highest BCUT2D eigenvalue weighted by Crippen LogP contribution is 2.37. The van der Waals surface area contributed by atoms with Gasteiger partial charge in [-0.25, -0.2) is 138 Å². The Morgan fingerprint density at radius 3 is 0.571 bits per heavy atom. The van der Waals surface area contributed by atoms with Gasteiger partial charge in [-0.3, -0.25) is 0 Å². The van der Waals surface area contributed by atoms with Gasteiger partial charge in [-0.1, -0.05) is 5.47 Å². The zero-order chi connectivity index (χ0) is 53.1. The fourth-order valence-electron chi connectivity index (χ4n) is 7.41. The Morgan fingerprint density at radius 1 is 0.214 bits per heavy atom. The molecule has 0 spiro atoms. The van der Waals surface area contributed by atoms with Crippen molar-refractivity contribution in [1.82, 2.24) is 0 Å². The molecule has 32 heteroatoms. The minimum Gasteiger partial charge on any atom is -0.235 e. The molecular formula is C38HB2F30-. The van der Waals surface area contributed by atoms with Crippen LogP contribution in [0.2, 0.25) is 0 Å². The fraction of sp³-hybridized carbons (Fsp3) is 0. The average molecular weight is 1050 g/mol. The predicted octanol–water partition coefficient (Wildman–Crippen LogP) is 9.80. The SMILES string of the molecule is Fc1c(F)c(F)c(B(/C(=C/[B-](c2c(F)c(F)c(F)c(F)c2F)(c2c(F)c(F)c(F)c(F)c2F)c2c(F)c(F)c(F)c(F)c2F)c2c(F)c(F)c(F)c(F)c2F)c2c(F)c(F)c(F)c(F)c2F)c(F)c1F. The summed E-state index contributed by atoms with van der Waals surface area (Å²) in [5, 5.41) is 0. The largest absolute Gasteiger partial charge is 0.254 e. The molecule has 0 fully saturated rings. The molecule has 0 atom stereocenters. The summed E-state index contributed by atoms with van der Waals surface area (Å²) < 4.78 is 464. The first-order valence-electron chi connectivity index (χ1n) is 17.3. The third-order valence-electron chi connectivity index (χ3n) is 10.4. The van der Waals surface area contributed by atoms with E-state index in [-0.39, 0.29) is 0 Å². The molecule has 0 heterocycles. The van der Waals surface area contributed by atoms with Gasteiger partial charge in [-0.2, -0.15) is 0 Å². The Labute approximate surface area is 363 Å². The maximum atomic E-state index is 16.4. The number of rotatable bonds is 8. The van der Waals surface area contributed by atoms with Crippen LogP contribution < -0.4 is 27.3 Å². The highest BCUT2D eigenvalue weighted by Gasteiger charge is 2.51. The molecule has 370 valence electrons. The summed E-state index contributed by atoms with van der Waals surface area (Å²) >= 11 is 0. The molecule has 0 amide bonds. The quantitative estimate of drug-likeness (QED) is 0.0617. The average Bonchev–Trinajstić information content (AvgIpc) is 3.32. The van der Waals surface area contributed by atoms with Crippen LogP contribution in [0.1, 0.15) is 5.56 Å². The number of benzene rings is 6. The lowest BCUT2D eigenvalue weighted by Crippen LogP contribution is -2.73. The van der Waals surface area contributed by atoms with Crippen molar-refractivity contribution in [3.63, 3.8) is 0 Å². The summed E-state index contributed by atoms with van der Waals surface area (Å²) in [6.45, 7) is -5.33. The van der Waals surface area contributed by atoms with E-state index in [4.69, 9.17) is 0 Å². The summed E-state index contributed by atoms with van der Waals surface area (Å²) in [5.74, 6) is -118. The Bertz CT molecular complexity index is 2940. The minimum absolute atomic E-state index is 2.08. The molecule has 0 radical (unpaired) electrons. The smallest absolute Gasteiger partial charge is 0.235 e. The molecule has 6 aromatic carbocycles. The molecule has 70 heavy (non-hydrogen) atoms. The Hall–Kier alpha value is -6.91. The van der Waals surface area contributed by atoms with Gasteiger partial charge in [0.1, 0.15) is 41.0 Å². The van der Waals surface area contributed by atoms with Gasteiger partial charge in [0, 0.05) is 16.5 Å². The van der Waals surface area contributed by atoms with Crippen molar-refractivity contribution in [2.75, 3.05) is 0 Å². The van der Waals surface area contributed by atoms with Crippen molar-refractivity contribution in [3.8, 4) is 0 Å². The topological polar surface area (TPSA) is 0 Å². The summed E-state index contributed by atoms with van der Waals surface area (Å²) in [7, 11) is 0. The maximum absolute atomic E-state index is 16.4. The van der Waals surface area contributed by atoms with Gasteiger partial charge in [0.05, 0.1) is 0 Å². The predicted molar refractivity (Wildman–Crippen MR) is 175 cm³/mol. The van der Waals surface area contributed by atoms with Crippen LogP contribution in [0.25, 0.3) is 5.47 Å². The maximum Gasteiger partial charge on any atom is 0.254 e. The molecule has 0 nitrogen and oxygen atoms in total. The second-order valence-electron chi connectivity index (χ2n) is 13.9. The van der Waals surface area contributed by atoms with Gasteiger partial charge < -0.3 is 0 Å². The number of hydrogen-bond donors (Lipinski definition) is 0. The molecule has 0 N–H and O–H groups in total. The molecule has 6 rings (SSSR count). The number of halogens is 30. The van der Waals surface area contributed by atoms with Crippen LogP contribution >= 0.6 is 0 Å². The van der Waals surface area contributed by atoms with Crippen molar-refractivity contribution in [2.24, 2.45) is 0 Å². The van der Waals surface area contributed by atoms with Crippen LogP contribution in [0.5, 0.6) is 0 Å². The Kier molecular flexibility index (Phi) is 13.3. The molecule has 6 aromatic rings. The van der Waals surface area contributed by atoms with Gasteiger partial charge in [-0.15, -0.1) is 16.4 Å². The van der Waals surface area contributed by atoms with E-state index < -0.39 is 232 Å². The van der Waals surface area contributed by atoms with Crippen LogP contribution in [-0.2, 0) is 0 Å². The lowest BCUT2D eigenvalue weighted by molar-refractivity contribution is 0.376. The van der Waals surface area contributed by atoms with Gasteiger partial charge >= 0.3 is 0 Å². The van der Waals surface area contributed by atoms with Gasteiger partial charge in [-0.05, 0) is 0 Å². The van der Waals surface area contributed by atoms with Crippen LogP contribution in [0.4, 0.5) is 132 Å². The number of hydrogen-bond acceptors (Lipinski definition) is 0. The molecular weight excluding hydrogens is 1050 g/mol. The van der Waals surface area contributed by atoms with Gasteiger partial charge in [0.2, 0.25) is 5.82 Å². The molecule has 0 saturated heterocycles. The van der Waals surface area contributed by atoms with Crippen molar-refractivity contribution in [2.45, 2.75) is 0 Å². The van der Waals surface area contributed by atoms with Crippen LogP contribution in [0, 0.1) is 175 Å². The fourth-order valence-corrected chi connectivity index (χ4v) is 7.41. The highest BCUT2D eigenvalue weighted by molar-refractivity contribution is 7.17. The van der Waals surface area contributed by atoms with Crippen LogP contribution in [0.3, 0.4) is 0 Å². The lowest BCUT2D eigenvalue weighted by Gasteiger charge is -2.43. The van der Waals surface area contributed by atoms with Crippen LogP contribution in [-0.4, -0.2) is 12.9 Å². The molecule has 0 aliphatic rings. The van der Waals surface area contributed by atoms with E-state index in [1.54, 1.807) is 0 Å². The standard InChI is InChI=1S/C38HB2F30/c41-9-3(10(42)22(54)33(65)21(9)53)2(39(4-11(43)23(55)34(66)24(56)12(4)44)5-13(45)25(57)35(67)26(58)14(5)46)1-40(6-15(47)27(59)36(68)28(60)16(6)48,7-17(49)29(61)37(69)30(62)18(7)50)8-19(51)31(63)38(70)32(64)20(8)52/h1H/q-1/b2-1+. The minimum atomic E-state index is -7.82. The lowest BCUT2D eigenvalue weighted by atomic mass is 9.13. The Balaban J connectivity index is 2.26. The zero-order valence-corrected chi connectivity index (χ0v) is 31.6. The third kappa shape index (κ3) is 7.11. The molecule has 0 aliphatic carbocycles. The first-order valence-corrected chi connectivity index (χ1v) is 17.3. The summed E-state index contributed by atoms with van der Waals surface area (Å²) in [6, 6.07) is 0. The van der Waals surface area contributed by atoms with Crippen molar-refractivity contribution < 1.29 is 132 Å². The first kappa shape index (κ1) is 52.5. The van der Waals surface area contributed by atoms with E-state index >= 15 is 105 Å². The molecule has 0 unspecified atom stereocenters. The summed E-state index contributed by atoms with van der Waals surface area (Å²) in [4.78, 5) is 0. The van der Waals surface area contributed by atoms with E-state index in [2.05, 4.69) is 0 Å². The van der Waals surface area contributed by atoms with E-state index in [9.17, 15) is 26.3 Å². The second kappa shape index (κ2) is 17.8. The highest BCUT2D eigenvalue weighted by atomic mass is 19.2. The molecule has 0 saturated carbocycles. The van der Waals surface area contributed by atoms with E-state index in [1.165, 1.54) is 0 Å². The van der Waals surface area contributed by atoms with Gasteiger partial charge in [0.25, 0.3) is 6.71 Å². The monoisotopic (exact) mass is 1050 g/mol. The van der Waals surface area contributed by atoms with Crippen molar-refractivity contribution in [1.29, 1.82) is 0 Å². The molecule has 0 bridgehead atoms. The molecule has 0 aromatic heterocycles. The van der Waals surface area contributed by atoms with Crippen molar-refractivity contribution in [3.05, 3.63) is 186 Å².